The van der Waals surface area contributed by atoms with E-state index in [2.05, 4.69) is 46.4 Å². The van der Waals surface area contributed by atoms with Gasteiger partial charge in [-0.3, -0.25) is 0 Å². The lowest BCUT2D eigenvalue weighted by Gasteiger charge is -2.23. The van der Waals surface area contributed by atoms with Crippen molar-refractivity contribution in [2.24, 2.45) is 5.92 Å². The summed E-state index contributed by atoms with van der Waals surface area (Å²) in [6, 6.07) is 0. The third-order valence-corrected chi connectivity index (χ3v) is 5.43. The molecule has 1 heterocycles. The van der Waals surface area contributed by atoms with E-state index in [9.17, 15) is 5.11 Å². The molecule has 0 spiro atoms. The van der Waals surface area contributed by atoms with Crippen LogP contribution in [0.5, 0.6) is 0 Å². The van der Waals surface area contributed by atoms with Gasteiger partial charge in [-0.2, -0.15) is 0 Å². The zero-order valence-corrected chi connectivity index (χ0v) is 14.7. The molecule has 124 valence electrons. The van der Waals surface area contributed by atoms with Crippen molar-refractivity contribution in [1.29, 1.82) is 0 Å². The number of rotatable bonds is 1. The summed E-state index contributed by atoms with van der Waals surface area (Å²) in [7, 11) is 0. The van der Waals surface area contributed by atoms with Gasteiger partial charge in [0.1, 0.15) is 5.60 Å². The van der Waals surface area contributed by atoms with E-state index in [1.807, 2.05) is 0 Å². The molecule has 0 aromatic carbocycles. The highest BCUT2D eigenvalue weighted by atomic mass is 16.6. The van der Waals surface area contributed by atoms with Crippen LogP contribution in [0.3, 0.4) is 0 Å². The first-order chi connectivity index (χ1) is 10.3. The minimum absolute atomic E-state index is 0.205. The van der Waals surface area contributed by atoms with Crippen LogP contribution in [0.15, 0.2) is 35.5 Å². The minimum Gasteiger partial charge on any atom is -0.390 e. The van der Waals surface area contributed by atoms with Gasteiger partial charge in [0, 0.05) is 0 Å². The molecule has 0 aromatic rings. The Morgan fingerprint density at radius 1 is 1.27 bits per heavy atom. The summed E-state index contributed by atoms with van der Waals surface area (Å²) in [6.45, 7) is 12.7. The lowest BCUT2D eigenvalue weighted by molar-refractivity contribution is 0.0672. The van der Waals surface area contributed by atoms with E-state index in [-0.39, 0.29) is 11.7 Å². The van der Waals surface area contributed by atoms with Gasteiger partial charge < -0.3 is 9.84 Å². The second-order valence-corrected chi connectivity index (χ2v) is 7.50. The molecule has 0 unspecified atom stereocenters. The molecule has 22 heavy (non-hydrogen) atoms. The number of aliphatic hydroxyl groups is 1. The fourth-order valence-corrected chi connectivity index (χ4v) is 3.37. The molecule has 2 heteroatoms. The average Bonchev–Trinajstić information content (AvgIpc) is 3.12. The van der Waals surface area contributed by atoms with Crippen LogP contribution in [0, 0.1) is 5.92 Å². The quantitative estimate of drug-likeness (QED) is 0.549. The molecule has 0 radical (unpaired) electrons. The Morgan fingerprint density at radius 3 is 2.64 bits per heavy atom. The molecule has 2 rings (SSSR count). The van der Waals surface area contributed by atoms with Crippen molar-refractivity contribution >= 4 is 0 Å². The standard InChI is InChI=1S/C20H32O2/c1-14(2)17-11-9-15(3)7-6-8-16(4)10-12-19-20(5,22-19)18(21)13-17/h8-9,17-19,21H,1,6-7,10-13H2,2-5H3/b15-9+,16-8+/t17-,18-,19-,20-/m0/s1. The first-order valence-corrected chi connectivity index (χ1v) is 8.65. The fourth-order valence-electron chi connectivity index (χ4n) is 3.37. The number of hydrogen-bond donors (Lipinski definition) is 1. The van der Waals surface area contributed by atoms with E-state index in [1.165, 1.54) is 11.1 Å². The number of hydrogen-bond acceptors (Lipinski definition) is 2. The Kier molecular flexibility index (Phi) is 5.68. The maximum atomic E-state index is 10.6. The van der Waals surface area contributed by atoms with Crippen molar-refractivity contribution in [3.63, 3.8) is 0 Å². The topological polar surface area (TPSA) is 32.8 Å². The average molecular weight is 304 g/mol. The third-order valence-electron chi connectivity index (χ3n) is 5.43. The Balaban J connectivity index is 2.13. The molecule has 0 aromatic heterocycles. The minimum atomic E-state index is -0.403. The third kappa shape index (κ3) is 4.33. The monoisotopic (exact) mass is 304 g/mol. The summed E-state index contributed by atoms with van der Waals surface area (Å²) in [5.41, 5.74) is 3.69. The zero-order chi connectivity index (χ0) is 16.3. The molecule has 0 amide bonds. The highest BCUT2D eigenvalue weighted by molar-refractivity contribution is 5.12. The first-order valence-electron chi connectivity index (χ1n) is 8.65. The van der Waals surface area contributed by atoms with Gasteiger partial charge in [0.15, 0.2) is 0 Å². The van der Waals surface area contributed by atoms with Gasteiger partial charge >= 0.3 is 0 Å². The van der Waals surface area contributed by atoms with Crippen LogP contribution in [0.2, 0.25) is 0 Å². The second-order valence-electron chi connectivity index (χ2n) is 7.50. The van der Waals surface area contributed by atoms with E-state index >= 15 is 0 Å². The molecule has 4 atom stereocenters. The van der Waals surface area contributed by atoms with Gasteiger partial charge in [-0.05, 0) is 72.1 Å². The number of allylic oxidation sites excluding steroid dienone is 5. The number of epoxide rings is 1. The largest absolute Gasteiger partial charge is 0.390 e. The molecule has 0 bridgehead atoms. The normalized spacial score (nSPS) is 42.1. The van der Waals surface area contributed by atoms with Gasteiger partial charge in [-0.25, -0.2) is 0 Å². The summed E-state index contributed by atoms with van der Waals surface area (Å²) >= 11 is 0. The van der Waals surface area contributed by atoms with Crippen LogP contribution in [0.4, 0.5) is 0 Å². The van der Waals surface area contributed by atoms with Crippen molar-refractivity contribution in [2.45, 2.75) is 84.0 Å². The molecule has 0 saturated carbocycles. The lowest BCUT2D eigenvalue weighted by Crippen LogP contribution is -2.31. The Bertz CT molecular complexity index is 474. The maximum absolute atomic E-state index is 10.6. The zero-order valence-electron chi connectivity index (χ0n) is 14.7. The second kappa shape index (κ2) is 7.14. The van der Waals surface area contributed by atoms with Gasteiger partial charge in [0.2, 0.25) is 0 Å². The van der Waals surface area contributed by atoms with E-state index < -0.39 is 6.10 Å². The van der Waals surface area contributed by atoms with Gasteiger partial charge in [-0.1, -0.05) is 35.5 Å². The highest BCUT2D eigenvalue weighted by Gasteiger charge is 2.56. The molecule has 1 N–H and O–H groups in total. The molecule has 1 fully saturated rings. The van der Waals surface area contributed by atoms with E-state index in [4.69, 9.17) is 4.74 Å². The summed E-state index contributed by atoms with van der Waals surface area (Å²) < 4.78 is 5.87. The molecule has 2 aliphatic rings. The summed E-state index contributed by atoms with van der Waals surface area (Å²) in [5.74, 6) is 0.340. The van der Waals surface area contributed by atoms with Crippen molar-refractivity contribution in [3.05, 3.63) is 35.5 Å². The summed E-state index contributed by atoms with van der Waals surface area (Å²) in [6.07, 6.45) is 10.5. The molecule has 1 aliphatic heterocycles. The summed E-state index contributed by atoms with van der Waals surface area (Å²) in [5, 5.41) is 10.6. The van der Waals surface area contributed by atoms with Crippen LogP contribution in [-0.4, -0.2) is 22.9 Å². The SMILES string of the molecule is C=C(C)[C@H]1C/C=C(\C)CC/C=C(\C)CC[C@@H]2O[C@@]2(C)[C@@H](O)C1. The van der Waals surface area contributed by atoms with Gasteiger partial charge in [0.05, 0.1) is 12.2 Å². The Labute approximate surface area is 136 Å². The van der Waals surface area contributed by atoms with Crippen molar-refractivity contribution in [1.82, 2.24) is 0 Å². The Morgan fingerprint density at radius 2 is 1.95 bits per heavy atom. The lowest BCUT2D eigenvalue weighted by atomic mass is 9.85. The smallest absolute Gasteiger partial charge is 0.118 e. The fraction of sp³-hybridized carbons (Fsp3) is 0.700. The van der Waals surface area contributed by atoms with Gasteiger partial charge in [0.25, 0.3) is 0 Å². The van der Waals surface area contributed by atoms with Crippen LogP contribution < -0.4 is 0 Å². The number of ether oxygens (including phenoxy) is 1. The Hall–Kier alpha value is -0.860. The molecule has 1 aliphatic carbocycles. The van der Waals surface area contributed by atoms with Crippen LogP contribution >= 0.6 is 0 Å². The maximum Gasteiger partial charge on any atom is 0.118 e. The van der Waals surface area contributed by atoms with Crippen molar-refractivity contribution in [3.8, 4) is 0 Å². The van der Waals surface area contributed by atoms with Crippen molar-refractivity contribution in [2.75, 3.05) is 0 Å². The van der Waals surface area contributed by atoms with E-state index in [0.717, 1.165) is 44.1 Å². The van der Waals surface area contributed by atoms with Crippen LogP contribution in [-0.2, 0) is 4.74 Å². The van der Waals surface area contributed by atoms with Crippen molar-refractivity contribution < 1.29 is 9.84 Å². The van der Waals surface area contributed by atoms with Crippen LogP contribution in [0.25, 0.3) is 0 Å². The predicted molar refractivity (Wildman–Crippen MR) is 92.8 cm³/mol. The van der Waals surface area contributed by atoms with E-state index in [0.29, 0.717) is 5.92 Å². The molecule has 2 nitrogen and oxygen atoms in total. The van der Waals surface area contributed by atoms with Gasteiger partial charge in [-0.15, -0.1) is 0 Å². The highest BCUT2D eigenvalue weighted by Crippen LogP contribution is 2.45. The predicted octanol–water partition coefficient (Wildman–Crippen LogP) is 4.94. The molecule has 1 saturated heterocycles. The van der Waals surface area contributed by atoms with E-state index in [1.54, 1.807) is 0 Å². The van der Waals surface area contributed by atoms with Crippen LogP contribution in [0.1, 0.15) is 66.2 Å². The molecular formula is C20H32O2. The first kappa shape index (κ1) is 17.5. The number of aliphatic hydroxyl groups excluding tert-OH is 1. The summed E-state index contributed by atoms with van der Waals surface area (Å²) in [4.78, 5) is 0. The molecular weight excluding hydrogens is 272 g/mol. The number of fused-ring (bicyclic) bond motifs is 1.